The van der Waals surface area contributed by atoms with Crippen molar-refractivity contribution < 1.29 is 12.8 Å². The van der Waals surface area contributed by atoms with Crippen molar-refractivity contribution in [3.8, 4) is 6.07 Å². The van der Waals surface area contributed by atoms with Gasteiger partial charge in [0.2, 0.25) is 0 Å². The van der Waals surface area contributed by atoms with Crippen LogP contribution in [-0.2, 0) is 10.0 Å². The van der Waals surface area contributed by atoms with Crippen molar-refractivity contribution in [2.24, 2.45) is 0 Å². The number of nitriles is 1. The monoisotopic (exact) mass is 325 g/mol. The van der Waals surface area contributed by atoms with E-state index < -0.39 is 15.8 Å². The molecule has 0 saturated heterocycles. The molecule has 0 radical (unpaired) electrons. The number of nitrogen functional groups attached to an aromatic ring is 1. The minimum atomic E-state index is -4.01. The number of hydrogen-bond donors (Lipinski definition) is 2. The lowest BCUT2D eigenvalue weighted by atomic mass is 10.2. The van der Waals surface area contributed by atoms with Gasteiger partial charge in [-0.3, -0.25) is 4.72 Å². The van der Waals surface area contributed by atoms with Crippen LogP contribution in [0.25, 0.3) is 0 Å². The summed E-state index contributed by atoms with van der Waals surface area (Å²) >= 11 is 1.16. The van der Waals surface area contributed by atoms with E-state index in [-0.39, 0.29) is 21.1 Å². The van der Waals surface area contributed by atoms with E-state index in [1.165, 1.54) is 0 Å². The minimum Gasteiger partial charge on any atom is -0.399 e. The molecular formula is C13H12FN3O2S2. The Morgan fingerprint density at radius 1 is 1.33 bits per heavy atom. The summed E-state index contributed by atoms with van der Waals surface area (Å²) in [6.45, 7) is 3.53. The smallest absolute Gasteiger partial charge is 0.262 e. The summed E-state index contributed by atoms with van der Waals surface area (Å²) in [6, 6.07) is 5.02. The van der Waals surface area contributed by atoms with Gasteiger partial charge < -0.3 is 5.73 Å². The number of nitrogens with one attached hydrogen (secondary N) is 1. The Labute approximate surface area is 125 Å². The third-order valence-electron chi connectivity index (χ3n) is 2.93. The van der Waals surface area contributed by atoms with Gasteiger partial charge >= 0.3 is 0 Å². The maximum Gasteiger partial charge on any atom is 0.262 e. The fraction of sp³-hybridized carbons (Fsp3) is 0.154. The molecule has 110 valence electrons. The van der Waals surface area contributed by atoms with Crippen LogP contribution in [0.3, 0.4) is 0 Å². The molecule has 5 nitrogen and oxygen atoms in total. The molecule has 8 heteroatoms. The summed E-state index contributed by atoms with van der Waals surface area (Å²) < 4.78 is 40.1. The molecule has 1 heterocycles. The molecule has 0 atom stereocenters. The number of nitrogens with zero attached hydrogens (tertiary/aromatic N) is 1. The van der Waals surface area contributed by atoms with Gasteiger partial charge in [0.15, 0.2) is 0 Å². The molecule has 0 fully saturated rings. The summed E-state index contributed by atoms with van der Waals surface area (Å²) in [5.41, 5.74) is 6.45. The van der Waals surface area contributed by atoms with Gasteiger partial charge in [0.05, 0.1) is 10.5 Å². The normalized spacial score (nSPS) is 11.1. The Morgan fingerprint density at radius 2 is 2.00 bits per heavy atom. The van der Waals surface area contributed by atoms with E-state index in [9.17, 15) is 12.8 Å². The Hall–Kier alpha value is -2.11. The van der Waals surface area contributed by atoms with E-state index in [4.69, 9.17) is 11.0 Å². The number of thiophene rings is 1. The van der Waals surface area contributed by atoms with Crippen molar-refractivity contribution in [2.45, 2.75) is 18.7 Å². The number of nitrogens with two attached hydrogens (primary N) is 1. The number of hydrogen-bond acceptors (Lipinski definition) is 5. The fourth-order valence-electron chi connectivity index (χ4n) is 1.75. The lowest BCUT2D eigenvalue weighted by Crippen LogP contribution is -2.13. The first-order valence-corrected chi connectivity index (χ1v) is 8.13. The van der Waals surface area contributed by atoms with Crippen LogP contribution in [0.15, 0.2) is 23.1 Å². The average molecular weight is 325 g/mol. The molecule has 0 spiro atoms. The van der Waals surface area contributed by atoms with Crippen LogP contribution in [-0.4, -0.2) is 8.42 Å². The number of anilines is 2. The average Bonchev–Trinajstić information content (AvgIpc) is 2.62. The summed E-state index contributed by atoms with van der Waals surface area (Å²) in [6.07, 6.45) is 0. The Balaban J connectivity index is 2.47. The van der Waals surface area contributed by atoms with Crippen molar-refractivity contribution >= 4 is 32.0 Å². The Morgan fingerprint density at radius 3 is 2.57 bits per heavy atom. The van der Waals surface area contributed by atoms with Crippen LogP contribution >= 0.6 is 11.3 Å². The second-order valence-electron chi connectivity index (χ2n) is 4.42. The van der Waals surface area contributed by atoms with E-state index in [2.05, 4.69) is 4.72 Å². The predicted octanol–water partition coefficient (Wildman–Crippen LogP) is 2.76. The zero-order chi connectivity index (χ0) is 15.8. The third kappa shape index (κ3) is 2.99. The molecule has 1 aromatic heterocycles. The molecule has 0 bridgehead atoms. The van der Waals surface area contributed by atoms with Crippen molar-refractivity contribution in [3.05, 3.63) is 40.0 Å². The van der Waals surface area contributed by atoms with Crippen molar-refractivity contribution in [1.29, 1.82) is 5.26 Å². The standard InChI is InChI=1S/C13H12FN3O2S2/c1-7-8(2)20-13(12(7)6-15)17-21(18,19)11-4-9(14)3-10(16)5-11/h3-5,17H,16H2,1-2H3. The first kappa shape index (κ1) is 15.3. The zero-order valence-electron chi connectivity index (χ0n) is 11.3. The van der Waals surface area contributed by atoms with Gasteiger partial charge in [0.25, 0.3) is 10.0 Å². The zero-order valence-corrected chi connectivity index (χ0v) is 12.9. The summed E-state index contributed by atoms with van der Waals surface area (Å²) in [5.74, 6) is -0.741. The number of halogens is 1. The molecule has 21 heavy (non-hydrogen) atoms. The van der Waals surface area contributed by atoms with Crippen LogP contribution in [0, 0.1) is 31.0 Å². The predicted molar refractivity (Wildman–Crippen MR) is 80.1 cm³/mol. The highest BCUT2D eigenvalue weighted by atomic mass is 32.2. The molecule has 3 N–H and O–H groups in total. The number of rotatable bonds is 3. The summed E-state index contributed by atoms with van der Waals surface area (Å²) in [5, 5.41) is 9.33. The maximum absolute atomic E-state index is 13.3. The van der Waals surface area contributed by atoms with Crippen LogP contribution in [0.4, 0.5) is 15.1 Å². The molecule has 0 unspecified atom stereocenters. The number of aryl methyl sites for hydroxylation is 1. The second kappa shape index (κ2) is 5.35. The molecule has 0 aliphatic rings. The topological polar surface area (TPSA) is 96.0 Å². The first-order chi connectivity index (χ1) is 9.74. The lowest BCUT2D eigenvalue weighted by Gasteiger charge is -2.07. The van der Waals surface area contributed by atoms with Crippen LogP contribution in [0.2, 0.25) is 0 Å². The highest BCUT2D eigenvalue weighted by molar-refractivity contribution is 7.93. The van der Waals surface area contributed by atoms with Gasteiger partial charge in [0, 0.05) is 10.6 Å². The molecule has 2 rings (SSSR count). The molecule has 0 saturated carbocycles. The van der Waals surface area contributed by atoms with E-state index in [0.29, 0.717) is 0 Å². The van der Waals surface area contributed by atoms with Crippen LogP contribution in [0.5, 0.6) is 0 Å². The molecule has 0 amide bonds. The molecule has 0 aliphatic carbocycles. The van der Waals surface area contributed by atoms with Gasteiger partial charge in [-0.25, -0.2) is 12.8 Å². The van der Waals surface area contributed by atoms with E-state index in [1.54, 1.807) is 13.8 Å². The second-order valence-corrected chi connectivity index (χ2v) is 7.33. The third-order valence-corrected chi connectivity index (χ3v) is 5.51. The molecule has 1 aromatic carbocycles. The molecule has 0 aliphatic heterocycles. The molecular weight excluding hydrogens is 313 g/mol. The van der Waals surface area contributed by atoms with Crippen LogP contribution < -0.4 is 10.5 Å². The van der Waals surface area contributed by atoms with Gasteiger partial charge in [-0.15, -0.1) is 11.3 Å². The Bertz CT molecular complexity index is 831. The van der Waals surface area contributed by atoms with Crippen molar-refractivity contribution in [3.63, 3.8) is 0 Å². The fourth-order valence-corrected chi connectivity index (χ4v) is 4.13. The minimum absolute atomic E-state index is 0.00872. The van der Waals surface area contributed by atoms with E-state index >= 15 is 0 Å². The van der Waals surface area contributed by atoms with Crippen molar-refractivity contribution in [2.75, 3.05) is 10.5 Å². The van der Waals surface area contributed by atoms with Gasteiger partial charge in [-0.05, 0) is 37.6 Å². The van der Waals surface area contributed by atoms with Crippen molar-refractivity contribution in [1.82, 2.24) is 0 Å². The maximum atomic E-state index is 13.3. The SMILES string of the molecule is Cc1sc(NS(=O)(=O)c2cc(N)cc(F)c2)c(C#N)c1C. The van der Waals surface area contributed by atoms with E-state index in [0.717, 1.165) is 40.0 Å². The number of benzene rings is 1. The van der Waals surface area contributed by atoms with Gasteiger partial charge in [-0.2, -0.15) is 5.26 Å². The summed E-state index contributed by atoms with van der Waals surface area (Å²) in [4.78, 5) is 0.551. The highest BCUT2D eigenvalue weighted by Gasteiger charge is 2.21. The van der Waals surface area contributed by atoms with Gasteiger partial charge in [-0.1, -0.05) is 0 Å². The summed E-state index contributed by atoms with van der Waals surface area (Å²) in [7, 11) is -4.01. The molecule has 2 aromatic rings. The Kier molecular flexibility index (Phi) is 3.89. The van der Waals surface area contributed by atoms with E-state index in [1.807, 2.05) is 6.07 Å². The number of sulfonamides is 1. The largest absolute Gasteiger partial charge is 0.399 e. The lowest BCUT2D eigenvalue weighted by molar-refractivity contribution is 0.595. The highest BCUT2D eigenvalue weighted by Crippen LogP contribution is 2.33. The first-order valence-electron chi connectivity index (χ1n) is 5.83. The van der Waals surface area contributed by atoms with Crippen LogP contribution in [0.1, 0.15) is 16.0 Å². The quantitative estimate of drug-likeness (QED) is 0.848. The van der Waals surface area contributed by atoms with Gasteiger partial charge in [0.1, 0.15) is 16.9 Å².